The molecule has 0 atom stereocenters. The largest absolute Gasteiger partial charge is 0.188 e. The average molecular weight is 306 g/mol. The quantitative estimate of drug-likeness (QED) is 0.572. The predicted molar refractivity (Wildman–Crippen MR) is 99.5 cm³/mol. The summed E-state index contributed by atoms with van der Waals surface area (Å²) in [5.41, 5.74) is 4.65. The molecule has 0 saturated carbocycles. The highest BCUT2D eigenvalue weighted by atomic mass is 14.8. The van der Waals surface area contributed by atoms with Crippen LogP contribution in [-0.2, 0) is 10.8 Å². The zero-order valence-electron chi connectivity index (χ0n) is 15.0. The average Bonchev–Trinajstić information content (AvgIpc) is 2.46. The fourth-order valence-electron chi connectivity index (χ4n) is 2.21. The Kier molecular flexibility index (Phi) is 4.87. The standard InChI is InChI=1S/C21H26N2/c1-20(2,3)16-7-11-18(12-8-16)22-15-23-19-13-9-17(10-14-19)21(4,5)6/h7-14H,1-6H3. The summed E-state index contributed by atoms with van der Waals surface area (Å²) in [6.07, 6.45) is 0. The molecule has 2 aromatic carbocycles. The van der Waals surface area contributed by atoms with Gasteiger partial charge in [0.25, 0.3) is 0 Å². The highest BCUT2D eigenvalue weighted by molar-refractivity contribution is 5.58. The van der Waals surface area contributed by atoms with Gasteiger partial charge >= 0.3 is 0 Å². The van der Waals surface area contributed by atoms with Crippen molar-refractivity contribution in [2.45, 2.75) is 52.4 Å². The van der Waals surface area contributed by atoms with Gasteiger partial charge in [-0.1, -0.05) is 65.8 Å². The molecule has 2 nitrogen and oxygen atoms in total. The molecule has 0 spiro atoms. The molecule has 23 heavy (non-hydrogen) atoms. The zero-order chi connectivity index (χ0) is 17.1. The molecule has 2 rings (SSSR count). The van der Waals surface area contributed by atoms with E-state index in [1.54, 1.807) is 0 Å². The lowest BCUT2D eigenvalue weighted by Gasteiger charge is -2.18. The smallest absolute Gasteiger partial charge is 0.100 e. The van der Waals surface area contributed by atoms with E-state index in [0.717, 1.165) is 11.4 Å². The number of hydrogen-bond donors (Lipinski definition) is 0. The van der Waals surface area contributed by atoms with E-state index in [0.29, 0.717) is 0 Å². The van der Waals surface area contributed by atoms with Crippen LogP contribution in [0.15, 0.2) is 58.5 Å². The molecular formula is C21H26N2. The summed E-state index contributed by atoms with van der Waals surface area (Å²) >= 11 is 0. The van der Waals surface area contributed by atoms with Crippen LogP contribution in [0.2, 0.25) is 0 Å². The minimum atomic E-state index is 0.158. The lowest BCUT2D eigenvalue weighted by atomic mass is 9.87. The molecule has 0 unspecified atom stereocenters. The van der Waals surface area contributed by atoms with Crippen molar-refractivity contribution in [2.75, 3.05) is 0 Å². The van der Waals surface area contributed by atoms with Crippen LogP contribution in [0.5, 0.6) is 0 Å². The summed E-state index contributed by atoms with van der Waals surface area (Å²) in [5.74, 6) is 0. The topological polar surface area (TPSA) is 24.7 Å². The van der Waals surface area contributed by atoms with Crippen molar-refractivity contribution in [1.82, 2.24) is 0 Å². The van der Waals surface area contributed by atoms with Gasteiger partial charge in [0, 0.05) is 0 Å². The van der Waals surface area contributed by atoms with Gasteiger partial charge in [-0.2, -0.15) is 9.98 Å². The van der Waals surface area contributed by atoms with E-state index in [-0.39, 0.29) is 10.8 Å². The Labute approximate surface area is 140 Å². The van der Waals surface area contributed by atoms with E-state index in [1.807, 2.05) is 24.3 Å². The van der Waals surface area contributed by atoms with Gasteiger partial charge in [0.1, 0.15) is 6.01 Å². The van der Waals surface area contributed by atoms with Crippen molar-refractivity contribution in [3.05, 3.63) is 59.7 Å². The van der Waals surface area contributed by atoms with Gasteiger partial charge in [0.2, 0.25) is 0 Å². The Hall–Kier alpha value is -2.18. The third-order valence-electron chi connectivity index (χ3n) is 3.82. The second kappa shape index (κ2) is 6.52. The van der Waals surface area contributed by atoms with Crippen molar-refractivity contribution < 1.29 is 0 Å². The molecule has 0 N–H and O–H groups in total. The Morgan fingerprint density at radius 3 is 1.13 bits per heavy atom. The summed E-state index contributed by atoms with van der Waals surface area (Å²) in [6, 6.07) is 19.2. The van der Waals surface area contributed by atoms with Crippen molar-refractivity contribution in [1.29, 1.82) is 0 Å². The first-order valence-electron chi connectivity index (χ1n) is 8.04. The highest BCUT2D eigenvalue weighted by Crippen LogP contribution is 2.25. The van der Waals surface area contributed by atoms with Crippen LogP contribution in [0.25, 0.3) is 0 Å². The molecule has 2 heteroatoms. The molecule has 0 heterocycles. The van der Waals surface area contributed by atoms with E-state index in [4.69, 9.17) is 0 Å². The SMILES string of the molecule is CC(C)(C)c1ccc(N=C=Nc2ccc(C(C)(C)C)cc2)cc1. The number of nitrogens with zero attached hydrogens (tertiary/aromatic N) is 2. The van der Waals surface area contributed by atoms with E-state index in [9.17, 15) is 0 Å². The maximum absolute atomic E-state index is 4.28. The van der Waals surface area contributed by atoms with E-state index in [2.05, 4.69) is 81.8 Å². The summed E-state index contributed by atoms with van der Waals surface area (Å²) in [6.45, 7) is 13.2. The van der Waals surface area contributed by atoms with Gasteiger partial charge in [0.15, 0.2) is 0 Å². The van der Waals surface area contributed by atoms with Crippen molar-refractivity contribution in [3.63, 3.8) is 0 Å². The molecule has 0 amide bonds. The maximum Gasteiger partial charge on any atom is 0.100 e. The third-order valence-corrected chi connectivity index (χ3v) is 3.82. The first kappa shape index (κ1) is 17.2. The zero-order valence-corrected chi connectivity index (χ0v) is 15.0. The van der Waals surface area contributed by atoms with Crippen LogP contribution in [0.1, 0.15) is 52.7 Å². The fourth-order valence-corrected chi connectivity index (χ4v) is 2.21. The lowest BCUT2D eigenvalue weighted by molar-refractivity contribution is 0.590. The Morgan fingerprint density at radius 1 is 0.565 bits per heavy atom. The van der Waals surface area contributed by atoms with Crippen LogP contribution < -0.4 is 0 Å². The molecule has 0 fully saturated rings. The second-order valence-corrected chi connectivity index (χ2v) is 7.92. The second-order valence-electron chi connectivity index (χ2n) is 7.92. The van der Waals surface area contributed by atoms with E-state index < -0.39 is 0 Å². The van der Waals surface area contributed by atoms with Crippen LogP contribution >= 0.6 is 0 Å². The minimum absolute atomic E-state index is 0.158. The molecule has 120 valence electrons. The Balaban J connectivity index is 2.12. The molecule has 2 aromatic rings. The molecule has 0 aliphatic heterocycles. The number of aliphatic imine (C=N–C) groups is 2. The number of hydrogen-bond acceptors (Lipinski definition) is 2. The Morgan fingerprint density at radius 2 is 0.870 bits per heavy atom. The molecule has 0 radical (unpaired) electrons. The molecule has 0 bridgehead atoms. The molecular weight excluding hydrogens is 280 g/mol. The van der Waals surface area contributed by atoms with Crippen LogP contribution in [0.3, 0.4) is 0 Å². The summed E-state index contributed by atoms with van der Waals surface area (Å²) < 4.78 is 0. The van der Waals surface area contributed by atoms with Gasteiger partial charge in [0.05, 0.1) is 11.4 Å². The molecule has 0 saturated heterocycles. The minimum Gasteiger partial charge on any atom is -0.188 e. The van der Waals surface area contributed by atoms with Gasteiger partial charge in [-0.05, 0) is 46.2 Å². The molecule has 0 aliphatic carbocycles. The first-order chi connectivity index (χ1) is 10.7. The van der Waals surface area contributed by atoms with Gasteiger partial charge in [-0.15, -0.1) is 0 Å². The van der Waals surface area contributed by atoms with Crippen LogP contribution in [0.4, 0.5) is 11.4 Å². The van der Waals surface area contributed by atoms with Crippen LogP contribution in [0, 0.1) is 0 Å². The summed E-state index contributed by atoms with van der Waals surface area (Å²) in [4.78, 5) is 8.56. The maximum atomic E-state index is 4.28. The molecule has 0 aliphatic rings. The summed E-state index contributed by atoms with van der Waals surface area (Å²) in [7, 11) is 0. The fraction of sp³-hybridized carbons (Fsp3) is 0.381. The number of benzene rings is 2. The monoisotopic (exact) mass is 306 g/mol. The number of rotatable bonds is 2. The van der Waals surface area contributed by atoms with Crippen molar-refractivity contribution >= 4 is 17.4 Å². The van der Waals surface area contributed by atoms with Gasteiger partial charge < -0.3 is 0 Å². The van der Waals surface area contributed by atoms with Gasteiger partial charge in [-0.3, -0.25) is 0 Å². The Bertz CT molecular complexity index is 641. The first-order valence-corrected chi connectivity index (χ1v) is 8.04. The van der Waals surface area contributed by atoms with Crippen LogP contribution in [-0.4, -0.2) is 6.01 Å². The summed E-state index contributed by atoms with van der Waals surface area (Å²) in [5, 5.41) is 0. The predicted octanol–water partition coefficient (Wildman–Crippen LogP) is 6.42. The molecule has 0 aromatic heterocycles. The van der Waals surface area contributed by atoms with Crippen molar-refractivity contribution in [2.24, 2.45) is 9.98 Å². The van der Waals surface area contributed by atoms with Gasteiger partial charge in [-0.25, -0.2) is 0 Å². The normalized spacial score (nSPS) is 11.7. The third kappa shape index (κ3) is 4.91. The lowest BCUT2D eigenvalue weighted by Crippen LogP contribution is -2.10. The van der Waals surface area contributed by atoms with E-state index in [1.165, 1.54) is 11.1 Å². The van der Waals surface area contributed by atoms with Crippen molar-refractivity contribution in [3.8, 4) is 0 Å². The van der Waals surface area contributed by atoms with E-state index >= 15 is 0 Å². The highest BCUT2D eigenvalue weighted by Gasteiger charge is 2.13.